The molecule has 1 saturated carbocycles. The second kappa shape index (κ2) is 8.65. The maximum Gasteiger partial charge on any atom is 0.246 e. The van der Waals surface area contributed by atoms with Gasteiger partial charge >= 0.3 is 0 Å². The van der Waals surface area contributed by atoms with Gasteiger partial charge in [0, 0.05) is 32.4 Å². The van der Waals surface area contributed by atoms with E-state index in [-0.39, 0.29) is 22.4 Å². The van der Waals surface area contributed by atoms with Gasteiger partial charge in [0.25, 0.3) is 0 Å². The fourth-order valence-corrected chi connectivity index (χ4v) is 5.60. The molecule has 1 saturated heterocycles. The Morgan fingerprint density at radius 3 is 2.66 bits per heavy atom. The highest BCUT2D eigenvalue weighted by Gasteiger charge is 2.39. The Morgan fingerprint density at radius 1 is 1.31 bits per heavy atom. The number of aromatic nitrogens is 4. The van der Waals surface area contributed by atoms with Crippen LogP contribution in [0.4, 0.5) is 5.95 Å². The maximum atomic E-state index is 12.8. The first-order chi connectivity index (χ1) is 15.2. The largest absolute Gasteiger partial charge is 0.470 e. The Morgan fingerprint density at radius 2 is 2.06 bits per heavy atom. The third-order valence-electron chi connectivity index (χ3n) is 6.08. The first-order valence-electron chi connectivity index (χ1n) is 10.6. The Kier molecular flexibility index (Phi) is 6.07. The van der Waals surface area contributed by atoms with Crippen molar-refractivity contribution < 1.29 is 18.3 Å². The van der Waals surface area contributed by atoms with E-state index >= 15 is 0 Å². The zero-order valence-corrected chi connectivity index (χ0v) is 18.9. The van der Waals surface area contributed by atoms with Gasteiger partial charge in [-0.15, -0.1) is 0 Å². The molecule has 2 fully saturated rings. The van der Waals surface area contributed by atoms with Crippen LogP contribution in [0.2, 0.25) is 0 Å². The molecule has 2 aromatic rings. The van der Waals surface area contributed by atoms with Crippen LogP contribution in [0.5, 0.6) is 5.88 Å². The molecule has 4 rings (SSSR count). The van der Waals surface area contributed by atoms with E-state index < -0.39 is 21.7 Å². The van der Waals surface area contributed by atoms with Gasteiger partial charge in [-0.2, -0.15) is 19.6 Å². The third-order valence-corrected chi connectivity index (χ3v) is 7.93. The van der Waals surface area contributed by atoms with Gasteiger partial charge in [-0.25, -0.2) is 13.4 Å². The normalized spacial score (nSPS) is 24.9. The maximum absolute atomic E-state index is 12.8. The third kappa shape index (κ3) is 4.55. The van der Waals surface area contributed by atoms with Gasteiger partial charge in [-0.1, -0.05) is 0 Å². The van der Waals surface area contributed by atoms with Crippen LogP contribution in [0.1, 0.15) is 44.6 Å². The van der Waals surface area contributed by atoms with E-state index in [4.69, 9.17) is 4.74 Å². The Labute approximate surface area is 187 Å². The van der Waals surface area contributed by atoms with E-state index in [1.54, 1.807) is 14.0 Å². The number of aliphatic hydroxyl groups is 1. The smallest absolute Gasteiger partial charge is 0.246 e. The minimum absolute atomic E-state index is 0.0225. The number of hydrogen-bond donors (Lipinski definition) is 2. The molecule has 1 aliphatic carbocycles. The lowest BCUT2D eigenvalue weighted by Gasteiger charge is -2.31. The molecule has 0 radical (unpaired) electrons. The standard InChI is InChI=1S/C20H27N7O4S/c1-20(28)7-3-4-17(20)31-18-14(10-21)11-22-19(25-18)24-15-5-8-27(9-6-15)32(29,30)16-12-23-26(2)13-16/h11-13,15,17,28H,3-9H2,1-2H3,(H,22,24,25)/t17-,20+/m1/s1. The first-order valence-corrected chi connectivity index (χ1v) is 12.0. The number of anilines is 1. The summed E-state index contributed by atoms with van der Waals surface area (Å²) in [5.74, 6) is 0.457. The van der Waals surface area contributed by atoms with Crippen molar-refractivity contribution in [2.75, 3.05) is 18.4 Å². The predicted molar refractivity (Wildman–Crippen MR) is 114 cm³/mol. The Balaban J connectivity index is 1.40. The number of piperidine rings is 1. The van der Waals surface area contributed by atoms with E-state index in [2.05, 4.69) is 20.4 Å². The van der Waals surface area contributed by atoms with Crippen LogP contribution >= 0.6 is 0 Å². The Hall–Kier alpha value is -2.75. The molecule has 2 aromatic heterocycles. The second-order valence-electron chi connectivity index (χ2n) is 8.55. The van der Waals surface area contributed by atoms with Crippen molar-refractivity contribution in [1.82, 2.24) is 24.1 Å². The van der Waals surface area contributed by atoms with Gasteiger partial charge in [0.2, 0.25) is 21.9 Å². The number of nitrogens with zero attached hydrogens (tertiary/aromatic N) is 6. The van der Waals surface area contributed by atoms with E-state index in [0.717, 1.165) is 6.42 Å². The van der Waals surface area contributed by atoms with Crippen molar-refractivity contribution in [3.8, 4) is 11.9 Å². The molecule has 32 heavy (non-hydrogen) atoms. The van der Waals surface area contributed by atoms with Crippen molar-refractivity contribution >= 4 is 16.0 Å². The van der Waals surface area contributed by atoms with E-state index in [1.165, 1.54) is 27.6 Å². The highest BCUT2D eigenvalue weighted by atomic mass is 32.2. The number of aryl methyl sites for hydroxylation is 1. The van der Waals surface area contributed by atoms with Crippen LogP contribution in [0.25, 0.3) is 0 Å². The fourth-order valence-electron chi connectivity index (χ4n) is 4.14. The van der Waals surface area contributed by atoms with Gasteiger partial charge in [-0.3, -0.25) is 4.68 Å². The number of rotatable bonds is 6. The monoisotopic (exact) mass is 461 g/mol. The zero-order valence-electron chi connectivity index (χ0n) is 18.1. The molecule has 0 aromatic carbocycles. The molecule has 0 unspecified atom stereocenters. The summed E-state index contributed by atoms with van der Waals surface area (Å²) in [4.78, 5) is 8.75. The van der Waals surface area contributed by atoms with Crippen LogP contribution in [-0.4, -0.2) is 68.4 Å². The molecular formula is C20H27N7O4S. The summed E-state index contributed by atoms with van der Waals surface area (Å²) in [7, 11) is -1.89. The van der Waals surface area contributed by atoms with Crippen LogP contribution in [0.3, 0.4) is 0 Å². The summed E-state index contributed by atoms with van der Waals surface area (Å²) in [6, 6.07) is 2.01. The minimum atomic E-state index is -3.57. The number of nitriles is 1. The van der Waals surface area contributed by atoms with Gasteiger partial charge in [0.15, 0.2) is 0 Å². The molecular weight excluding hydrogens is 434 g/mol. The molecule has 0 spiro atoms. The first kappa shape index (κ1) is 22.4. The SMILES string of the molecule is Cn1cc(S(=O)(=O)N2CCC(Nc3ncc(C#N)c(O[C@@H]4CCC[C@]4(C)O)n3)CC2)cn1. The van der Waals surface area contributed by atoms with Gasteiger partial charge < -0.3 is 15.2 Å². The van der Waals surface area contributed by atoms with Crippen LogP contribution in [-0.2, 0) is 17.1 Å². The second-order valence-corrected chi connectivity index (χ2v) is 10.5. The average molecular weight is 462 g/mol. The lowest BCUT2D eigenvalue weighted by atomic mass is 10.0. The number of nitrogens with one attached hydrogen (secondary N) is 1. The number of hydrogen-bond acceptors (Lipinski definition) is 9. The lowest BCUT2D eigenvalue weighted by molar-refractivity contribution is -0.0271. The van der Waals surface area contributed by atoms with E-state index in [0.29, 0.717) is 44.7 Å². The van der Waals surface area contributed by atoms with E-state index in [9.17, 15) is 18.8 Å². The fraction of sp³-hybridized carbons (Fsp3) is 0.600. The summed E-state index contributed by atoms with van der Waals surface area (Å²) in [6.07, 6.45) is 7.14. The lowest BCUT2D eigenvalue weighted by Crippen LogP contribution is -2.42. The quantitative estimate of drug-likeness (QED) is 0.644. The van der Waals surface area contributed by atoms with Gasteiger partial charge in [0.1, 0.15) is 22.6 Å². The summed E-state index contributed by atoms with van der Waals surface area (Å²) in [5.41, 5.74) is -0.756. The van der Waals surface area contributed by atoms with E-state index in [1.807, 2.05) is 6.07 Å². The molecule has 0 bridgehead atoms. The Bertz CT molecular complexity index is 1120. The minimum Gasteiger partial charge on any atom is -0.470 e. The molecule has 0 amide bonds. The van der Waals surface area contributed by atoms with Crippen molar-refractivity contribution in [3.05, 3.63) is 24.2 Å². The molecule has 12 heteroatoms. The molecule has 3 heterocycles. The highest BCUT2D eigenvalue weighted by molar-refractivity contribution is 7.89. The zero-order chi connectivity index (χ0) is 22.9. The van der Waals surface area contributed by atoms with Gasteiger partial charge in [-0.05, 0) is 39.0 Å². The summed E-state index contributed by atoms with van der Waals surface area (Å²) < 4.78 is 34.3. The van der Waals surface area contributed by atoms with Crippen molar-refractivity contribution in [2.24, 2.45) is 7.05 Å². The average Bonchev–Trinajstić information content (AvgIpc) is 3.34. The molecule has 2 atom stereocenters. The molecule has 172 valence electrons. The van der Waals surface area contributed by atoms with Crippen molar-refractivity contribution in [2.45, 2.75) is 61.7 Å². The van der Waals surface area contributed by atoms with Crippen LogP contribution in [0, 0.1) is 11.3 Å². The molecule has 1 aliphatic heterocycles. The summed E-state index contributed by atoms with van der Waals surface area (Å²) in [5, 5.41) is 27.0. The van der Waals surface area contributed by atoms with Crippen molar-refractivity contribution in [1.29, 1.82) is 5.26 Å². The summed E-state index contributed by atoms with van der Waals surface area (Å²) >= 11 is 0. The topological polar surface area (TPSA) is 146 Å². The molecule has 2 aliphatic rings. The van der Waals surface area contributed by atoms with Crippen LogP contribution in [0.15, 0.2) is 23.5 Å². The van der Waals surface area contributed by atoms with Gasteiger partial charge in [0.05, 0.1) is 18.0 Å². The predicted octanol–water partition coefficient (Wildman–Crippen LogP) is 1.03. The van der Waals surface area contributed by atoms with Crippen molar-refractivity contribution in [3.63, 3.8) is 0 Å². The van der Waals surface area contributed by atoms with Crippen LogP contribution < -0.4 is 10.1 Å². The number of sulfonamides is 1. The summed E-state index contributed by atoms with van der Waals surface area (Å²) in [6.45, 7) is 2.45. The molecule has 11 nitrogen and oxygen atoms in total. The molecule has 2 N–H and O–H groups in total. The highest BCUT2D eigenvalue weighted by Crippen LogP contribution is 2.33. The number of ether oxygens (including phenoxy) is 1.